The fraction of sp³-hybridized carbons (Fsp3) is 0.0526. The van der Waals surface area contributed by atoms with Gasteiger partial charge >= 0.3 is 5.97 Å². The number of carboxylic acids is 1. The lowest BCUT2D eigenvalue weighted by Crippen LogP contribution is -2.00. The van der Waals surface area contributed by atoms with Crippen LogP contribution >= 0.6 is 22.6 Å². The standard InChI is InChI=1S/C19H15IN2O2/c1-13-11-15(6-9-18(13)20)21-12-17-3-2-10-22(17)16-7-4-14(5-8-16)19(23)24/h2-12H,1H3,(H,23,24). The summed E-state index contributed by atoms with van der Waals surface area (Å²) < 4.78 is 3.18. The molecule has 0 bridgehead atoms. The number of aromatic carboxylic acids is 1. The highest BCUT2D eigenvalue weighted by atomic mass is 127. The van der Waals surface area contributed by atoms with E-state index in [0.29, 0.717) is 0 Å². The van der Waals surface area contributed by atoms with E-state index >= 15 is 0 Å². The molecule has 2 aromatic carbocycles. The van der Waals surface area contributed by atoms with Crippen molar-refractivity contribution >= 4 is 40.5 Å². The number of aromatic nitrogens is 1. The van der Waals surface area contributed by atoms with Gasteiger partial charge in [-0.25, -0.2) is 4.79 Å². The van der Waals surface area contributed by atoms with Crippen LogP contribution in [0.1, 0.15) is 21.6 Å². The number of hydrogen-bond donors (Lipinski definition) is 1. The lowest BCUT2D eigenvalue weighted by molar-refractivity contribution is 0.0697. The molecule has 3 rings (SSSR count). The Hall–Kier alpha value is -2.41. The van der Waals surface area contributed by atoms with Crippen LogP contribution in [0, 0.1) is 10.5 Å². The van der Waals surface area contributed by atoms with Gasteiger partial charge in [0.25, 0.3) is 0 Å². The van der Waals surface area contributed by atoms with E-state index < -0.39 is 5.97 Å². The number of aryl methyl sites for hydroxylation is 1. The molecule has 0 amide bonds. The summed E-state index contributed by atoms with van der Waals surface area (Å²) in [5.41, 5.74) is 4.20. The van der Waals surface area contributed by atoms with E-state index in [1.165, 1.54) is 9.13 Å². The van der Waals surface area contributed by atoms with Gasteiger partial charge in [0.15, 0.2) is 0 Å². The van der Waals surface area contributed by atoms with E-state index in [2.05, 4.69) is 34.5 Å². The molecule has 1 heterocycles. The third kappa shape index (κ3) is 3.56. The van der Waals surface area contributed by atoms with E-state index in [9.17, 15) is 4.79 Å². The third-order valence-corrected chi connectivity index (χ3v) is 4.87. The van der Waals surface area contributed by atoms with Gasteiger partial charge in [0, 0.05) is 15.5 Å². The Balaban J connectivity index is 1.88. The average molecular weight is 430 g/mol. The zero-order chi connectivity index (χ0) is 17.1. The van der Waals surface area contributed by atoms with Gasteiger partial charge in [-0.1, -0.05) is 0 Å². The van der Waals surface area contributed by atoms with Crippen LogP contribution in [0.3, 0.4) is 0 Å². The SMILES string of the molecule is Cc1cc(N=Cc2cccn2-c2ccc(C(=O)O)cc2)ccc1I. The van der Waals surface area contributed by atoms with Crippen LogP contribution in [0.25, 0.3) is 5.69 Å². The lowest BCUT2D eigenvalue weighted by Gasteiger charge is -2.07. The van der Waals surface area contributed by atoms with Crippen molar-refractivity contribution in [2.24, 2.45) is 4.99 Å². The first-order valence-electron chi connectivity index (χ1n) is 7.36. The van der Waals surface area contributed by atoms with Crippen molar-refractivity contribution in [3.05, 3.63) is 81.2 Å². The Bertz CT molecular complexity index is 911. The quantitative estimate of drug-likeness (QED) is 0.476. The van der Waals surface area contributed by atoms with Crippen LogP contribution < -0.4 is 0 Å². The second-order valence-corrected chi connectivity index (χ2v) is 6.51. The summed E-state index contributed by atoms with van der Waals surface area (Å²) in [4.78, 5) is 15.5. The molecule has 0 radical (unpaired) electrons. The van der Waals surface area contributed by atoms with Gasteiger partial charge in [0.05, 0.1) is 23.2 Å². The summed E-state index contributed by atoms with van der Waals surface area (Å²) in [5, 5.41) is 8.98. The van der Waals surface area contributed by atoms with Gasteiger partial charge in [-0.3, -0.25) is 4.99 Å². The van der Waals surface area contributed by atoms with Crippen molar-refractivity contribution in [3.8, 4) is 5.69 Å². The van der Waals surface area contributed by atoms with Gasteiger partial charge in [-0.15, -0.1) is 0 Å². The third-order valence-electron chi connectivity index (χ3n) is 3.66. The predicted octanol–water partition coefficient (Wildman–Crippen LogP) is 4.84. The summed E-state index contributed by atoms with van der Waals surface area (Å²) >= 11 is 2.30. The van der Waals surface area contributed by atoms with Crippen LogP contribution in [0.2, 0.25) is 0 Å². The van der Waals surface area contributed by atoms with Crippen LogP contribution in [0.15, 0.2) is 65.8 Å². The Morgan fingerprint density at radius 2 is 1.92 bits per heavy atom. The molecule has 0 saturated heterocycles. The molecule has 5 heteroatoms. The number of benzene rings is 2. The molecule has 0 fully saturated rings. The number of carboxylic acid groups (broad SMARTS) is 1. The molecule has 4 nitrogen and oxygen atoms in total. The molecule has 0 aliphatic carbocycles. The number of hydrogen-bond acceptors (Lipinski definition) is 2. The first-order chi connectivity index (χ1) is 11.5. The van der Waals surface area contributed by atoms with Gasteiger partial charge in [-0.2, -0.15) is 0 Å². The molecule has 0 saturated carbocycles. The largest absolute Gasteiger partial charge is 0.478 e. The molecule has 0 unspecified atom stereocenters. The maximum atomic E-state index is 10.9. The predicted molar refractivity (Wildman–Crippen MR) is 104 cm³/mol. The maximum Gasteiger partial charge on any atom is 0.335 e. The molecule has 0 spiro atoms. The molecule has 0 atom stereocenters. The van der Waals surface area contributed by atoms with Gasteiger partial charge in [0.1, 0.15) is 0 Å². The van der Waals surface area contributed by atoms with Gasteiger partial charge in [0.2, 0.25) is 0 Å². The van der Waals surface area contributed by atoms with Crippen molar-refractivity contribution in [1.29, 1.82) is 0 Å². The Morgan fingerprint density at radius 3 is 2.58 bits per heavy atom. The highest BCUT2D eigenvalue weighted by Gasteiger charge is 2.05. The first kappa shape index (κ1) is 16.4. The van der Waals surface area contributed by atoms with Crippen molar-refractivity contribution in [2.75, 3.05) is 0 Å². The topological polar surface area (TPSA) is 54.6 Å². The Morgan fingerprint density at radius 1 is 1.17 bits per heavy atom. The van der Waals surface area contributed by atoms with Crippen LogP contribution in [0.4, 0.5) is 5.69 Å². The first-order valence-corrected chi connectivity index (χ1v) is 8.44. The number of aliphatic imine (C=N–C) groups is 1. The monoisotopic (exact) mass is 430 g/mol. The number of halogens is 1. The Kier molecular flexibility index (Phi) is 4.80. The molecule has 120 valence electrons. The molecule has 1 N–H and O–H groups in total. The molecule has 24 heavy (non-hydrogen) atoms. The second-order valence-electron chi connectivity index (χ2n) is 5.35. The molecule has 1 aromatic heterocycles. The maximum absolute atomic E-state index is 10.9. The van der Waals surface area contributed by atoms with Gasteiger partial charge in [-0.05, 0) is 89.7 Å². The normalized spacial score (nSPS) is 11.1. The molecule has 0 aliphatic heterocycles. The smallest absolute Gasteiger partial charge is 0.335 e. The summed E-state index contributed by atoms with van der Waals surface area (Å²) in [6.07, 6.45) is 3.74. The van der Waals surface area contributed by atoms with Crippen molar-refractivity contribution in [1.82, 2.24) is 4.57 Å². The average Bonchev–Trinajstić information content (AvgIpc) is 3.04. The van der Waals surface area contributed by atoms with Crippen LogP contribution in [-0.4, -0.2) is 21.9 Å². The minimum absolute atomic E-state index is 0.274. The molecular formula is C19H15IN2O2. The van der Waals surface area contributed by atoms with Crippen LogP contribution in [-0.2, 0) is 0 Å². The zero-order valence-corrected chi connectivity index (χ0v) is 15.1. The molecular weight excluding hydrogens is 415 g/mol. The fourth-order valence-corrected chi connectivity index (χ4v) is 2.68. The van der Waals surface area contributed by atoms with Crippen molar-refractivity contribution < 1.29 is 9.90 Å². The highest BCUT2D eigenvalue weighted by Crippen LogP contribution is 2.20. The molecule has 3 aromatic rings. The van der Waals surface area contributed by atoms with Crippen molar-refractivity contribution in [2.45, 2.75) is 6.92 Å². The van der Waals surface area contributed by atoms with E-state index in [4.69, 9.17) is 5.11 Å². The minimum Gasteiger partial charge on any atom is -0.478 e. The summed E-state index contributed by atoms with van der Waals surface area (Å²) in [5.74, 6) is -0.926. The summed E-state index contributed by atoms with van der Waals surface area (Å²) in [6.45, 7) is 2.06. The number of rotatable bonds is 4. The highest BCUT2D eigenvalue weighted by molar-refractivity contribution is 14.1. The summed E-state index contributed by atoms with van der Waals surface area (Å²) in [7, 11) is 0. The van der Waals surface area contributed by atoms with Gasteiger partial charge < -0.3 is 9.67 Å². The minimum atomic E-state index is -0.926. The lowest BCUT2D eigenvalue weighted by atomic mass is 10.2. The van der Waals surface area contributed by atoms with E-state index in [0.717, 1.165) is 17.1 Å². The molecule has 0 aliphatic rings. The zero-order valence-electron chi connectivity index (χ0n) is 13.0. The van der Waals surface area contributed by atoms with Crippen molar-refractivity contribution in [3.63, 3.8) is 0 Å². The number of carbonyl (C=O) groups is 1. The van der Waals surface area contributed by atoms with E-state index in [1.54, 1.807) is 24.3 Å². The fourth-order valence-electron chi connectivity index (χ4n) is 2.35. The number of nitrogens with zero attached hydrogens (tertiary/aromatic N) is 2. The summed E-state index contributed by atoms with van der Waals surface area (Å²) in [6, 6.07) is 16.8. The van der Waals surface area contributed by atoms with E-state index in [1.807, 2.05) is 47.3 Å². The van der Waals surface area contributed by atoms with Crippen LogP contribution in [0.5, 0.6) is 0 Å². The Labute approximate surface area is 153 Å². The van der Waals surface area contributed by atoms with E-state index in [-0.39, 0.29) is 5.56 Å². The second kappa shape index (κ2) is 7.00.